The van der Waals surface area contributed by atoms with Crippen molar-refractivity contribution in [2.45, 2.75) is 13.0 Å². The Balaban J connectivity index is 1.94. The molecule has 5 heteroatoms. The first-order valence-corrected chi connectivity index (χ1v) is 6.60. The zero-order chi connectivity index (χ0) is 15.0. The van der Waals surface area contributed by atoms with Crippen LogP contribution in [0.4, 0.5) is 14.5 Å². The highest BCUT2D eigenvalue weighted by molar-refractivity contribution is 5.89. The van der Waals surface area contributed by atoms with Gasteiger partial charge in [-0.15, -0.1) is 0 Å². The Hall–Kier alpha value is -2.43. The third kappa shape index (κ3) is 2.46. The van der Waals surface area contributed by atoms with E-state index in [4.69, 9.17) is 5.11 Å². The van der Waals surface area contributed by atoms with Crippen LogP contribution < -0.4 is 4.90 Å². The molecule has 1 heterocycles. The molecule has 108 valence electrons. The van der Waals surface area contributed by atoms with Gasteiger partial charge in [-0.05, 0) is 36.2 Å². The molecule has 0 spiro atoms. The van der Waals surface area contributed by atoms with Crippen LogP contribution >= 0.6 is 0 Å². The molecule has 1 aliphatic heterocycles. The lowest BCUT2D eigenvalue weighted by Crippen LogP contribution is -2.21. The predicted octanol–water partition coefficient (Wildman–Crippen LogP) is 3.23. The minimum absolute atomic E-state index is 0.00563. The van der Waals surface area contributed by atoms with Gasteiger partial charge in [0, 0.05) is 24.3 Å². The second-order valence-corrected chi connectivity index (χ2v) is 5.02. The number of carbonyl (C=O) groups is 1. The second kappa shape index (κ2) is 5.16. The Labute approximate surface area is 120 Å². The van der Waals surface area contributed by atoms with Gasteiger partial charge in [0.05, 0.1) is 5.56 Å². The monoisotopic (exact) mass is 289 g/mol. The minimum Gasteiger partial charge on any atom is -0.478 e. The van der Waals surface area contributed by atoms with Crippen LogP contribution in [0.15, 0.2) is 36.4 Å². The van der Waals surface area contributed by atoms with E-state index in [1.165, 1.54) is 18.2 Å². The number of rotatable bonds is 3. The summed E-state index contributed by atoms with van der Waals surface area (Å²) in [5, 5.41) is 9.04. The molecule has 0 aliphatic carbocycles. The summed E-state index contributed by atoms with van der Waals surface area (Å²) in [6, 6.07) is 8.65. The summed E-state index contributed by atoms with van der Waals surface area (Å²) in [7, 11) is 0. The normalized spacial score (nSPS) is 13.3. The Bertz CT molecular complexity index is 695. The molecule has 3 rings (SSSR count). The van der Waals surface area contributed by atoms with E-state index in [-0.39, 0.29) is 17.7 Å². The van der Waals surface area contributed by atoms with E-state index >= 15 is 0 Å². The van der Waals surface area contributed by atoms with Crippen molar-refractivity contribution >= 4 is 11.7 Å². The van der Waals surface area contributed by atoms with Gasteiger partial charge >= 0.3 is 5.97 Å². The molecule has 0 saturated carbocycles. The average Bonchev–Trinajstić information content (AvgIpc) is 2.85. The van der Waals surface area contributed by atoms with Crippen LogP contribution in [0, 0.1) is 11.6 Å². The van der Waals surface area contributed by atoms with Crippen molar-refractivity contribution in [2.75, 3.05) is 11.4 Å². The van der Waals surface area contributed by atoms with Crippen molar-refractivity contribution in [1.29, 1.82) is 0 Å². The largest absolute Gasteiger partial charge is 0.478 e. The number of benzene rings is 2. The van der Waals surface area contributed by atoms with Crippen molar-refractivity contribution in [1.82, 2.24) is 0 Å². The van der Waals surface area contributed by atoms with E-state index < -0.39 is 17.6 Å². The average molecular weight is 289 g/mol. The van der Waals surface area contributed by atoms with Crippen LogP contribution in [0.3, 0.4) is 0 Å². The number of halogens is 2. The van der Waals surface area contributed by atoms with Gasteiger partial charge in [0.1, 0.15) is 11.6 Å². The van der Waals surface area contributed by atoms with Gasteiger partial charge in [-0.2, -0.15) is 0 Å². The molecule has 2 aromatic carbocycles. The Morgan fingerprint density at radius 2 is 1.90 bits per heavy atom. The zero-order valence-corrected chi connectivity index (χ0v) is 11.1. The Kier molecular flexibility index (Phi) is 3.33. The summed E-state index contributed by atoms with van der Waals surface area (Å²) in [5.41, 5.74) is 1.91. The molecule has 0 bridgehead atoms. The number of nitrogens with zero attached hydrogens (tertiary/aromatic N) is 1. The van der Waals surface area contributed by atoms with Crippen LogP contribution in [-0.4, -0.2) is 17.6 Å². The number of hydrogen-bond acceptors (Lipinski definition) is 2. The highest BCUT2D eigenvalue weighted by Gasteiger charge is 2.22. The van der Waals surface area contributed by atoms with Crippen LogP contribution in [0.1, 0.15) is 21.5 Å². The fourth-order valence-corrected chi connectivity index (χ4v) is 2.62. The topological polar surface area (TPSA) is 40.5 Å². The summed E-state index contributed by atoms with van der Waals surface area (Å²) >= 11 is 0. The summed E-state index contributed by atoms with van der Waals surface area (Å²) < 4.78 is 27.5. The summed E-state index contributed by atoms with van der Waals surface area (Å²) in [6.07, 6.45) is 0.741. The lowest BCUT2D eigenvalue weighted by Gasteiger charge is -2.20. The number of hydrogen-bond donors (Lipinski definition) is 1. The third-order valence-electron chi connectivity index (χ3n) is 3.73. The zero-order valence-electron chi connectivity index (χ0n) is 11.1. The van der Waals surface area contributed by atoms with Crippen molar-refractivity contribution in [3.05, 3.63) is 64.7 Å². The molecule has 0 radical (unpaired) electrons. The van der Waals surface area contributed by atoms with E-state index in [2.05, 4.69) is 0 Å². The fourth-order valence-electron chi connectivity index (χ4n) is 2.62. The van der Waals surface area contributed by atoms with Gasteiger partial charge in [-0.25, -0.2) is 13.6 Å². The first-order chi connectivity index (χ1) is 10.1. The van der Waals surface area contributed by atoms with Crippen LogP contribution in [-0.2, 0) is 13.0 Å². The first-order valence-electron chi connectivity index (χ1n) is 6.60. The molecular weight excluding hydrogens is 276 g/mol. The summed E-state index contributed by atoms with van der Waals surface area (Å²) in [6.45, 7) is 0.709. The van der Waals surface area contributed by atoms with E-state index in [1.807, 2.05) is 4.90 Å². The van der Waals surface area contributed by atoms with Gasteiger partial charge in [-0.1, -0.05) is 12.1 Å². The van der Waals surface area contributed by atoms with Gasteiger partial charge in [-0.3, -0.25) is 0 Å². The number of aromatic carboxylic acids is 1. The molecule has 1 aliphatic rings. The van der Waals surface area contributed by atoms with E-state index in [9.17, 15) is 13.6 Å². The second-order valence-electron chi connectivity index (χ2n) is 5.02. The van der Waals surface area contributed by atoms with Crippen molar-refractivity contribution < 1.29 is 18.7 Å². The molecule has 0 fully saturated rings. The van der Waals surface area contributed by atoms with E-state index in [1.54, 1.807) is 18.2 Å². The molecule has 21 heavy (non-hydrogen) atoms. The molecular formula is C16H13F2NO2. The molecule has 0 aromatic heterocycles. The summed E-state index contributed by atoms with van der Waals surface area (Å²) in [5.74, 6) is -2.18. The molecule has 1 N–H and O–H groups in total. The van der Waals surface area contributed by atoms with Crippen LogP contribution in [0.25, 0.3) is 0 Å². The molecule has 3 nitrogen and oxygen atoms in total. The predicted molar refractivity (Wildman–Crippen MR) is 74.5 cm³/mol. The van der Waals surface area contributed by atoms with E-state index in [0.717, 1.165) is 17.7 Å². The maximum absolute atomic E-state index is 13.7. The molecule has 0 atom stereocenters. The van der Waals surface area contributed by atoms with Crippen molar-refractivity contribution in [3.63, 3.8) is 0 Å². The summed E-state index contributed by atoms with van der Waals surface area (Å²) in [4.78, 5) is 12.8. The standard InChI is InChI=1S/C16H13F2NO2/c17-13-2-1-3-14(18)12(13)9-19-7-6-10-4-5-11(16(20)21)8-15(10)19/h1-5,8H,6-7,9H2,(H,20,21). The van der Waals surface area contributed by atoms with Crippen molar-refractivity contribution in [2.24, 2.45) is 0 Å². The number of carboxylic acids is 1. The van der Waals surface area contributed by atoms with Crippen LogP contribution in [0.2, 0.25) is 0 Å². The maximum Gasteiger partial charge on any atom is 0.335 e. The molecule has 0 amide bonds. The van der Waals surface area contributed by atoms with Gasteiger partial charge in [0.25, 0.3) is 0 Å². The number of fused-ring (bicyclic) bond motifs is 1. The number of anilines is 1. The Morgan fingerprint density at radius 3 is 2.57 bits per heavy atom. The highest BCUT2D eigenvalue weighted by Crippen LogP contribution is 2.31. The molecule has 2 aromatic rings. The lowest BCUT2D eigenvalue weighted by atomic mass is 10.1. The van der Waals surface area contributed by atoms with Gasteiger partial charge in [0.15, 0.2) is 0 Å². The Morgan fingerprint density at radius 1 is 1.19 bits per heavy atom. The van der Waals surface area contributed by atoms with Gasteiger partial charge in [0.2, 0.25) is 0 Å². The van der Waals surface area contributed by atoms with E-state index in [0.29, 0.717) is 6.54 Å². The lowest BCUT2D eigenvalue weighted by molar-refractivity contribution is 0.0697. The van der Waals surface area contributed by atoms with Crippen LogP contribution in [0.5, 0.6) is 0 Å². The van der Waals surface area contributed by atoms with Crippen molar-refractivity contribution in [3.8, 4) is 0 Å². The smallest absolute Gasteiger partial charge is 0.335 e. The first kappa shape index (κ1) is 13.5. The molecule has 0 unspecified atom stereocenters. The highest BCUT2D eigenvalue weighted by atomic mass is 19.1. The number of carboxylic acid groups (broad SMARTS) is 1. The van der Waals surface area contributed by atoms with Gasteiger partial charge < -0.3 is 10.0 Å². The molecule has 0 saturated heterocycles. The minimum atomic E-state index is -1.01. The maximum atomic E-state index is 13.7. The quantitative estimate of drug-likeness (QED) is 0.943. The SMILES string of the molecule is O=C(O)c1ccc2c(c1)N(Cc1c(F)cccc1F)CC2. The third-order valence-corrected chi connectivity index (χ3v) is 3.73. The fraction of sp³-hybridized carbons (Fsp3) is 0.188.